The SMILES string of the molecule is C1=C(c2ccccc2)Cc2ccccc21.[I][Zr][I]. The molecular weight excluding hydrogens is 525 g/mol. The number of halogens is 2. The molecule has 0 nitrogen and oxygen atoms in total. The van der Waals surface area contributed by atoms with Gasteiger partial charge < -0.3 is 0 Å². The van der Waals surface area contributed by atoms with E-state index in [4.69, 9.17) is 0 Å². The topological polar surface area (TPSA) is 0 Å². The second-order valence-electron chi connectivity index (χ2n) is 3.98. The average Bonchev–Trinajstić information content (AvgIpc) is 2.84. The molecule has 2 aromatic rings. The molecule has 0 bridgehead atoms. The van der Waals surface area contributed by atoms with Crippen molar-refractivity contribution in [3.63, 3.8) is 0 Å². The van der Waals surface area contributed by atoms with E-state index in [0.29, 0.717) is 0 Å². The van der Waals surface area contributed by atoms with Gasteiger partial charge in [0.05, 0.1) is 0 Å². The molecule has 0 heterocycles. The van der Waals surface area contributed by atoms with Crippen LogP contribution in [0.25, 0.3) is 11.6 Å². The van der Waals surface area contributed by atoms with Gasteiger partial charge in [0.25, 0.3) is 0 Å². The molecule has 3 rings (SSSR count). The van der Waals surface area contributed by atoms with Crippen molar-refractivity contribution >= 4 is 47.7 Å². The van der Waals surface area contributed by atoms with Crippen LogP contribution >= 0.6 is 36.1 Å². The molecule has 2 aromatic carbocycles. The fourth-order valence-electron chi connectivity index (χ4n) is 2.12. The van der Waals surface area contributed by atoms with E-state index in [1.165, 1.54) is 22.3 Å². The summed E-state index contributed by atoms with van der Waals surface area (Å²) in [5.41, 5.74) is 5.58. The number of hydrogen-bond donors (Lipinski definition) is 0. The minimum atomic E-state index is 0.170. The summed E-state index contributed by atoms with van der Waals surface area (Å²) < 4.78 is 0. The van der Waals surface area contributed by atoms with Gasteiger partial charge >= 0.3 is 50.9 Å². The third-order valence-electron chi connectivity index (χ3n) is 2.91. The molecule has 0 aromatic heterocycles. The van der Waals surface area contributed by atoms with Crippen molar-refractivity contribution in [2.24, 2.45) is 0 Å². The summed E-state index contributed by atoms with van der Waals surface area (Å²) in [6.07, 6.45) is 3.37. The van der Waals surface area contributed by atoms with Crippen molar-refractivity contribution in [3.05, 3.63) is 71.3 Å². The van der Waals surface area contributed by atoms with Gasteiger partial charge in [0, 0.05) is 0 Å². The Hall–Kier alpha value is 0.523. The van der Waals surface area contributed by atoms with Crippen LogP contribution in [0.15, 0.2) is 54.6 Å². The fourth-order valence-corrected chi connectivity index (χ4v) is 2.12. The van der Waals surface area contributed by atoms with Gasteiger partial charge in [-0.05, 0) is 28.7 Å². The number of benzene rings is 2. The Morgan fingerprint density at radius 3 is 2.11 bits per heavy atom. The Labute approximate surface area is 138 Å². The first-order valence-corrected chi connectivity index (χ1v) is 20.3. The summed E-state index contributed by atoms with van der Waals surface area (Å²) in [7, 11) is 0. The molecule has 0 atom stereocenters. The van der Waals surface area contributed by atoms with Crippen molar-refractivity contribution in [1.82, 2.24) is 0 Å². The van der Waals surface area contributed by atoms with Crippen LogP contribution < -0.4 is 0 Å². The van der Waals surface area contributed by atoms with Gasteiger partial charge in [-0.25, -0.2) is 0 Å². The van der Waals surface area contributed by atoms with Crippen LogP contribution in [0.4, 0.5) is 0 Å². The van der Waals surface area contributed by atoms with Gasteiger partial charge in [0.1, 0.15) is 0 Å². The van der Waals surface area contributed by atoms with Crippen LogP contribution in [0.3, 0.4) is 0 Å². The molecule has 1 aliphatic rings. The molecule has 0 N–H and O–H groups in total. The summed E-state index contributed by atoms with van der Waals surface area (Å²) >= 11 is 5.06. The van der Waals surface area contributed by atoms with Crippen molar-refractivity contribution in [1.29, 1.82) is 0 Å². The zero-order valence-electron chi connectivity index (χ0n) is 9.74. The molecule has 3 heteroatoms. The molecule has 0 unspecified atom stereocenters. The van der Waals surface area contributed by atoms with E-state index in [2.05, 4.69) is 96.8 Å². The Balaban J connectivity index is 0.000000367. The predicted octanol–water partition coefficient (Wildman–Crippen LogP) is 5.55. The standard InChI is InChI=1S/C15H12.2HI.Zr/c1-2-6-12(7-3-1)15-10-13-8-4-5-9-14(13)11-15;;;/h1-10H,11H2;2*1H;/q;;;+2/p-2. The van der Waals surface area contributed by atoms with E-state index < -0.39 is 0 Å². The third kappa shape index (κ3) is 4.01. The van der Waals surface area contributed by atoms with Gasteiger partial charge in [0.15, 0.2) is 0 Å². The van der Waals surface area contributed by atoms with Crippen LogP contribution in [0.2, 0.25) is 0 Å². The molecule has 90 valence electrons. The molecule has 0 amide bonds. The van der Waals surface area contributed by atoms with E-state index in [1.807, 2.05) is 0 Å². The second kappa shape index (κ2) is 7.96. The minimum absolute atomic E-state index is 0.170. The van der Waals surface area contributed by atoms with E-state index in [9.17, 15) is 0 Å². The van der Waals surface area contributed by atoms with Crippen molar-refractivity contribution in [3.8, 4) is 0 Å². The monoisotopic (exact) mass is 536 g/mol. The number of hydrogen-bond acceptors (Lipinski definition) is 0. The summed E-state index contributed by atoms with van der Waals surface area (Å²) in [4.78, 5) is 0. The summed E-state index contributed by atoms with van der Waals surface area (Å²) in [6, 6.07) is 19.2. The summed E-state index contributed by atoms with van der Waals surface area (Å²) in [6.45, 7) is 0. The van der Waals surface area contributed by atoms with Gasteiger partial charge in [-0.1, -0.05) is 60.7 Å². The molecule has 0 saturated heterocycles. The Kier molecular flexibility index (Phi) is 6.59. The molecule has 18 heavy (non-hydrogen) atoms. The quantitative estimate of drug-likeness (QED) is 0.419. The maximum atomic E-state index is 2.45. The number of fused-ring (bicyclic) bond motifs is 1. The third-order valence-corrected chi connectivity index (χ3v) is 2.91. The molecule has 0 saturated carbocycles. The number of allylic oxidation sites excluding steroid dienone is 1. The zero-order chi connectivity index (χ0) is 12.8. The van der Waals surface area contributed by atoms with Gasteiger partial charge in [-0.3, -0.25) is 0 Å². The van der Waals surface area contributed by atoms with E-state index in [1.54, 1.807) is 0 Å². The van der Waals surface area contributed by atoms with Crippen LogP contribution in [0.1, 0.15) is 16.7 Å². The zero-order valence-corrected chi connectivity index (χ0v) is 16.5. The second-order valence-corrected chi connectivity index (χ2v) is 22.9. The predicted molar refractivity (Wildman–Crippen MR) is 92.5 cm³/mol. The van der Waals surface area contributed by atoms with E-state index in [-0.39, 0.29) is 14.9 Å². The Morgan fingerprint density at radius 1 is 0.833 bits per heavy atom. The Morgan fingerprint density at radius 2 is 1.44 bits per heavy atom. The fraction of sp³-hybridized carbons (Fsp3) is 0.0667. The molecule has 0 fully saturated rings. The van der Waals surface area contributed by atoms with Crippen LogP contribution in [-0.4, -0.2) is 0 Å². The first kappa shape index (κ1) is 14.9. The molecule has 1 aliphatic carbocycles. The molecule has 0 radical (unpaired) electrons. The van der Waals surface area contributed by atoms with Crippen LogP contribution in [-0.2, 0) is 21.3 Å². The van der Waals surface area contributed by atoms with Crippen molar-refractivity contribution in [2.45, 2.75) is 6.42 Å². The van der Waals surface area contributed by atoms with Crippen LogP contribution in [0.5, 0.6) is 0 Å². The van der Waals surface area contributed by atoms with Gasteiger partial charge in [-0.15, -0.1) is 0 Å². The van der Waals surface area contributed by atoms with Crippen LogP contribution in [0, 0.1) is 0 Å². The molecule has 0 aliphatic heterocycles. The van der Waals surface area contributed by atoms with Crippen molar-refractivity contribution in [2.75, 3.05) is 0 Å². The average molecular weight is 537 g/mol. The summed E-state index contributed by atoms with van der Waals surface area (Å²) in [5.74, 6) is 0. The van der Waals surface area contributed by atoms with Gasteiger partial charge in [0.2, 0.25) is 0 Å². The Bertz CT molecular complexity index is 535. The molecular formula is C15H12I2Zr. The molecule has 0 spiro atoms. The van der Waals surface area contributed by atoms with E-state index >= 15 is 0 Å². The summed E-state index contributed by atoms with van der Waals surface area (Å²) in [5, 5.41) is 0. The maximum absolute atomic E-state index is 2.45. The number of rotatable bonds is 1. The van der Waals surface area contributed by atoms with E-state index in [0.717, 1.165) is 6.42 Å². The van der Waals surface area contributed by atoms with Gasteiger partial charge in [-0.2, -0.15) is 0 Å². The normalized spacial score (nSPS) is 12.0. The first-order valence-electron chi connectivity index (χ1n) is 5.65. The van der Waals surface area contributed by atoms with Crippen molar-refractivity contribution < 1.29 is 14.9 Å². The first-order chi connectivity index (χ1) is 8.85.